The second-order valence-electron chi connectivity index (χ2n) is 7.65. The van der Waals surface area contributed by atoms with Gasteiger partial charge in [-0.1, -0.05) is 40.3 Å². The van der Waals surface area contributed by atoms with E-state index >= 15 is 0 Å². The first-order valence-electron chi connectivity index (χ1n) is 9.66. The van der Waals surface area contributed by atoms with E-state index in [1.807, 2.05) is 24.3 Å². The van der Waals surface area contributed by atoms with E-state index in [1.165, 1.54) is 0 Å². The van der Waals surface area contributed by atoms with Gasteiger partial charge in [0.2, 0.25) is 17.7 Å². The van der Waals surface area contributed by atoms with E-state index in [4.69, 9.17) is 4.52 Å². The van der Waals surface area contributed by atoms with Gasteiger partial charge in [-0.15, -0.1) is 0 Å². The van der Waals surface area contributed by atoms with Crippen molar-refractivity contribution in [2.75, 3.05) is 11.4 Å². The number of aromatic nitrogens is 2. The predicted molar refractivity (Wildman–Crippen MR) is 107 cm³/mol. The molecule has 1 aromatic heterocycles. The minimum absolute atomic E-state index is 0.0319. The van der Waals surface area contributed by atoms with Gasteiger partial charge in [0.1, 0.15) is 5.54 Å². The number of halogens is 1. The second kappa shape index (κ2) is 7.66. The predicted octanol–water partition coefficient (Wildman–Crippen LogP) is 3.47. The van der Waals surface area contributed by atoms with E-state index in [-0.39, 0.29) is 24.2 Å². The minimum atomic E-state index is -0.596. The summed E-state index contributed by atoms with van der Waals surface area (Å²) >= 11 is 3.40. The first-order valence-corrected chi connectivity index (χ1v) is 10.4. The summed E-state index contributed by atoms with van der Waals surface area (Å²) in [7, 11) is 0. The average molecular weight is 447 g/mol. The molecule has 1 aliphatic carbocycles. The fourth-order valence-electron chi connectivity index (χ4n) is 4.15. The van der Waals surface area contributed by atoms with Gasteiger partial charge < -0.3 is 14.7 Å². The number of hydrogen-bond acceptors (Lipinski definition) is 5. The molecule has 2 heterocycles. The summed E-state index contributed by atoms with van der Waals surface area (Å²) in [5, 5.41) is 7.29. The molecule has 8 heteroatoms. The Morgan fingerprint density at radius 3 is 2.61 bits per heavy atom. The van der Waals surface area contributed by atoms with Crippen LogP contribution in [0.3, 0.4) is 0 Å². The Hall–Kier alpha value is -2.22. The Morgan fingerprint density at radius 1 is 1.25 bits per heavy atom. The van der Waals surface area contributed by atoms with Crippen LogP contribution in [0.25, 0.3) is 0 Å². The van der Waals surface area contributed by atoms with Crippen LogP contribution in [0.2, 0.25) is 0 Å². The molecule has 0 radical (unpaired) electrons. The summed E-state index contributed by atoms with van der Waals surface area (Å²) in [6, 6.07) is 7.55. The molecule has 0 bridgehead atoms. The van der Waals surface area contributed by atoms with Gasteiger partial charge in [-0.3, -0.25) is 9.59 Å². The molecule has 2 aliphatic rings. The number of amides is 2. The summed E-state index contributed by atoms with van der Waals surface area (Å²) in [6.45, 7) is 2.13. The summed E-state index contributed by atoms with van der Waals surface area (Å²) in [6.07, 6.45) is 4.92. The summed E-state index contributed by atoms with van der Waals surface area (Å²) in [5.41, 5.74) is 0.214. The number of benzene rings is 1. The third-order valence-electron chi connectivity index (χ3n) is 5.66. The Balaban J connectivity index is 1.50. The molecule has 1 unspecified atom stereocenters. The highest BCUT2D eigenvalue weighted by molar-refractivity contribution is 9.10. The fourth-order valence-corrected chi connectivity index (χ4v) is 4.41. The maximum atomic E-state index is 13.1. The SMILES string of the molecule is Cc1nc(C2(NC(=O)C3CC(=O)N(c4ccc(Br)cc4)C3)CCCCC2)no1. The molecule has 1 N–H and O–H groups in total. The van der Waals surface area contributed by atoms with Crippen LogP contribution < -0.4 is 10.2 Å². The zero-order chi connectivity index (χ0) is 19.7. The number of nitrogens with one attached hydrogen (secondary N) is 1. The molecule has 0 spiro atoms. The van der Waals surface area contributed by atoms with E-state index in [9.17, 15) is 9.59 Å². The van der Waals surface area contributed by atoms with Crippen LogP contribution in [0.5, 0.6) is 0 Å². The lowest BCUT2D eigenvalue weighted by Crippen LogP contribution is -2.50. The lowest BCUT2D eigenvalue weighted by Gasteiger charge is -2.36. The van der Waals surface area contributed by atoms with Gasteiger partial charge in [-0.05, 0) is 37.1 Å². The zero-order valence-electron chi connectivity index (χ0n) is 15.8. The quantitative estimate of drug-likeness (QED) is 0.776. The molecular formula is C20H23BrN4O3. The van der Waals surface area contributed by atoms with Gasteiger partial charge in [0.25, 0.3) is 0 Å². The van der Waals surface area contributed by atoms with Crippen molar-refractivity contribution < 1.29 is 14.1 Å². The first-order chi connectivity index (χ1) is 13.5. The molecule has 1 aliphatic heterocycles. The third-order valence-corrected chi connectivity index (χ3v) is 6.19. The Labute approximate surface area is 172 Å². The highest BCUT2D eigenvalue weighted by atomic mass is 79.9. The van der Waals surface area contributed by atoms with E-state index < -0.39 is 5.54 Å². The van der Waals surface area contributed by atoms with Gasteiger partial charge in [-0.2, -0.15) is 4.98 Å². The molecule has 1 atom stereocenters. The molecule has 1 aromatic carbocycles. The first kappa shape index (κ1) is 19.1. The number of hydrogen-bond donors (Lipinski definition) is 1. The average Bonchev–Trinajstić information content (AvgIpc) is 3.30. The molecule has 1 saturated heterocycles. The van der Waals surface area contributed by atoms with Crippen molar-refractivity contribution >= 4 is 33.4 Å². The van der Waals surface area contributed by atoms with E-state index in [2.05, 4.69) is 31.4 Å². The third kappa shape index (κ3) is 3.70. The number of carbonyl (C=O) groups is 2. The van der Waals surface area contributed by atoms with Crippen LogP contribution in [0.4, 0.5) is 5.69 Å². The Kier molecular flexibility index (Phi) is 5.23. The summed E-state index contributed by atoms with van der Waals surface area (Å²) < 4.78 is 6.12. The highest BCUT2D eigenvalue weighted by Crippen LogP contribution is 2.36. The van der Waals surface area contributed by atoms with Crippen molar-refractivity contribution in [2.45, 2.75) is 51.0 Å². The van der Waals surface area contributed by atoms with Crippen molar-refractivity contribution in [3.05, 3.63) is 40.5 Å². The van der Waals surface area contributed by atoms with Crippen LogP contribution in [0, 0.1) is 12.8 Å². The van der Waals surface area contributed by atoms with Crippen LogP contribution in [0.15, 0.2) is 33.3 Å². The van der Waals surface area contributed by atoms with Gasteiger partial charge in [0, 0.05) is 30.0 Å². The second-order valence-corrected chi connectivity index (χ2v) is 8.57. The minimum Gasteiger partial charge on any atom is -0.343 e. The lowest BCUT2D eigenvalue weighted by molar-refractivity contribution is -0.128. The highest BCUT2D eigenvalue weighted by Gasteiger charge is 2.43. The van der Waals surface area contributed by atoms with E-state index in [0.717, 1.165) is 42.3 Å². The van der Waals surface area contributed by atoms with E-state index in [1.54, 1.807) is 11.8 Å². The maximum absolute atomic E-state index is 13.1. The van der Waals surface area contributed by atoms with Crippen LogP contribution >= 0.6 is 15.9 Å². The largest absolute Gasteiger partial charge is 0.343 e. The molecule has 2 fully saturated rings. The maximum Gasteiger partial charge on any atom is 0.227 e. The number of carbonyl (C=O) groups excluding carboxylic acids is 2. The fraction of sp³-hybridized carbons (Fsp3) is 0.500. The molecule has 148 valence electrons. The van der Waals surface area contributed by atoms with Crippen molar-refractivity contribution in [3.63, 3.8) is 0 Å². The van der Waals surface area contributed by atoms with Gasteiger partial charge in [-0.25, -0.2) is 0 Å². The summed E-state index contributed by atoms with van der Waals surface area (Å²) in [4.78, 5) is 31.7. The lowest BCUT2D eigenvalue weighted by atomic mass is 9.80. The normalized spacial score (nSPS) is 21.7. The molecule has 2 amide bonds. The molecule has 28 heavy (non-hydrogen) atoms. The van der Waals surface area contributed by atoms with Crippen molar-refractivity contribution in [2.24, 2.45) is 5.92 Å². The molecule has 7 nitrogen and oxygen atoms in total. The van der Waals surface area contributed by atoms with E-state index in [0.29, 0.717) is 18.3 Å². The zero-order valence-corrected chi connectivity index (χ0v) is 17.4. The standard InChI is InChI=1S/C20H23BrN4O3/c1-13-22-19(24-28-13)20(9-3-2-4-10-20)23-18(27)14-11-17(26)25(12-14)16-7-5-15(21)6-8-16/h5-8,14H,2-4,9-12H2,1H3,(H,23,27). The van der Waals surface area contributed by atoms with Gasteiger partial charge >= 0.3 is 0 Å². The molecule has 4 rings (SSSR count). The van der Waals surface area contributed by atoms with Crippen LogP contribution in [-0.2, 0) is 15.1 Å². The Morgan fingerprint density at radius 2 is 1.96 bits per heavy atom. The van der Waals surface area contributed by atoms with Gasteiger partial charge in [0.15, 0.2) is 5.82 Å². The molecule has 1 saturated carbocycles. The number of rotatable bonds is 4. The van der Waals surface area contributed by atoms with Crippen LogP contribution in [-0.4, -0.2) is 28.5 Å². The number of anilines is 1. The van der Waals surface area contributed by atoms with Gasteiger partial charge in [0.05, 0.1) is 5.92 Å². The number of aryl methyl sites for hydroxylation is 1. The van der Waals surface area contributed by atoms with Crippen molar-refractivity contribution in [3.8, 4) is 0 Å². The molecule has 2 aromatic rings. The monoisotopic (exact) mass is 446 g/mol. The smallest absolute Gasteiger partial charge is 0.227 e. The van der Waals surface area contributed by atoms with Crippen LogP contribution in [0.1, 0.15) is 50.2 Å². The number of nitrogens with zero attached hydrogens (tertiary/aromatic N) is 3. The Bertz CT molecular complexity index is 874. The molecular weight excluding hydrogens is 424 g/mol. The topological polar surface area (TPSA) is 88.3 Å². The van der Waals surface area contributed by atoms with Crippen molar-refractivity contribution in [1.29, 1.82) is 0 Å². The summed E-state index contributed by atoms with van der Waals surface area (Å²) in [5.74, 6) is 0.509. The van der Waals surface area contributed by atoms with Crippen molar-refractivity contribution in [1.82, 2.24) is 15.5 Å².